The largest absolute Gasteiger partial charge is 0.399 e. The summed E-state index contributed by atoms with van der Waals surface area (Å²) in [6.45, 7) is 3.50. The molecule has 2 unspecified atom stereocenters. The number of rotatable bonds is 3. The molecule has 2 atom stereocenters. The lowest BCUT2D eigenvalue weighted by Gasteiger charge is -2.07. The first-order valence-corrected chi connectivity index (χ1v) is 4.90. The molecule has 0 aliphatic carbocycles. The minimum Gasteiger partial charge on any atom is -0.399 e. The summed E-state index contributed by atoms with van der Waals surface area (Å²) in [6.07, 6.45) is 1.45. The molecular weight excluding hydrogens is 186 g/mol. The molecule has 0 spiro atoms. The van der Waals surface area contributed by atoms with Crippen molar-refractivity contribution in [2.75, 3.05) is 5.73 Å². The second-order valence-electron chi connectivity index (χ2n) is 2.60. The Balaban J connectivity index is 2.99. The molecule has 0 aliphatic rings. The number of nitrogen functional groups attached to an aromatic ring is 1. The molecule has 4 heteroatoms. The lowest BCUT2D eigenvalue weighted by Crippen LogP contribution is -2.02. The number of hydrogen-bond acceptors (Lipinski definition) is 2. The van der Waals surface area contributed by atoms with E-state index in [-0.39, 0.29) is 0 Å². The van der Waals surface area contributed by atoms with Gasteiger partial charge in [-0.1, -0.05) is 18.2 Å². The molecule has 0 aromatic heterocycles. The zero-order valence-electron chi connectivity index (χ0n) is 7.01. The number of anilines is 1. The van der Waals surface area contributed by atoms with E-state index < -0.39 is 16.3 Å². The predicted octanol–water partition coefficient (Wildman–Crippen LogP) is 1.72. The second kappa shape index (κ2) is 4.20. The first-order valence-electron chi connectivity index (χ1n) is 3.73. The van der Waals surface area contributed by atoms with Crippen LogP contribution in [0.25, 0.3) is 0 Å². The van der Waals surface area contributed by atoms with Crippen molar-refractivity contribution in [1.82, 2.24) is 0 Å². The third-order valence-electron chi connectivity index (χ3n) is 1.70. The normalized spacial score (nSPS) is 14.8. The Morgan fingerprint density at radius 3 is 2.38 bits per heavy atom. The fraction of sp³-hybridized carbons (Fsp3) is 0.111. The SMILES string of the molecule is C=CC(c1ccc(N)cc1)S(=O)O. The Labute approximate surface area is 79.6 Å². The van der Waals surface area contributed by atoms with Crippen LogP contribution < -0.4 is 5.73 Å². The average molecular weight is 197 g/mol. The molecule has 0 aliphatic heterocycles. The summed E-state index contributed by atoms with van der Waals surface area (Å²) in [5.41, 5.74) is 6.86. The first-order chi connectivity index (χ1) is 6.15. The van der Waals surface area contributed by atoms with Crippen molar-refractivity contribution in [1.29, 1.82) is 0 Å². The second-order valence-corrected chi connectivity index (χ2v) is 3.66. The average Bonchev–Trinajstić information content (AvgIpc) is 2.09. The van der Waals surface area contributed by atoms with Crippen LogP contribution in [0.2, 0.25) is 0 Å². The van der Waals surface area contributed by atoms with E-state index >= 15 is 0 Å². The smallest absolute Gasteiger partial charge is 0.164 e. The summed E-state index contributed by atoms with van der Waals surface area (Å²) in [7, 11) is 0. The molecule has 0 radical (unpaired) electrons. The van der Waals surface area contributed by atoms with Gasteiger partial charge in [-0.3, -0.25) is 0 Å². The van der Waals surface area contributed by atoms with Gasteiger partial charge in [0, 0.05) is 5.69 Å². The molecule has 3 nitrogen and oxygen atoms in total. The minimum atomic E-state index is -1.92. The molecular formula is C9H11NO2S. The van der Waals surface area contributed by atoms with Crippen LogP contribution in [0.3, 0.4) is 0 Å². The molecule has 1 aromatic carbocycles. The molecule has 13 heavy (non-hydrogen) atoms. The molecule has 3 N–H and O–H groups in total. The van der Waals surface area contributed by atoms with Gasteiger partial charge in [-0.2, -0.15) is 0 Å². The third kappa shape index (κ3) is 2.40. The van der Waals surface area contributed by atoms with Crippen molar-refractivity contribution in [3.8, 4) is 0 Å². The van der Waals surface area contributed by atoms with Gasteiger partial charge in [-0.15, -0.1) is 6.58 Å². The Hall–Kier alpha value is -1.13. The maximum atomic E-state index is 10.8. The Kier molecular flexibility index (Phi) is 3.22. The molecule has 0 heterocycles. The van der Waals surface area contributed by atoms with Crippen LogP contribution in [0.5, 0.6) is 0 Å². The van der Waals surface area contributed by atoms with Crippen LogP contribution in [0, 0.1) is 0 Å². The lowest BCUT2D eigenvalue weighted by atomic mass is 10.1. The Morgan fingerprint density at radius 2 is 2.00 bits per heavy atom. The van der Waals surface area contributed by atoms with Gasteiger partial charge in [-0.05, 0) is 17.7 Å². The third-order valence-corrected chi connectivity index (χ3v) is 2.60. The summed E-state index contributed by atoms with van der Waals surface area (Å²) >= 11 is -1.92. The van der Waals surface area contributed by atoms with Gasteiger partial charge in [0.25, 0.3) is 0 Å². The fourth-order valence-electron chi connectivity index (χ4n) is 1.02. The number of nitrogens with two attached hydrogens (primary N) is 1. The van der Waals surface area contributed by atoms with Crippen molar-refractivity contribution < 1.29 is 8.76 Å². The van der Waals surface area contributed by atoms with Gasteiger partial charge < -0.3 is 10.3 Å². The Morgan fingerprint density at radius 1 is 1.46 bits per heavy atom. The summed E-state index contributed by atoms with van der Waals surface area (Å²) in [5, 5.41) is -0.541. The molecule has 0 fully saturated rings. The van der Waals surface area contributed by atoms with E-state index in [2.05, 4.69) is 6.58 Å². The minimum absolute atomic E-state index is 0.541. The number of benzene rings is 1. The van der Waals surface area contributed by atoms with E-state index in [1.165, 1.54) is 6.08 Å². The zero-order valence-corrected chi connectivity index (χ0v) is 7.83. The van der Waals surface area contributed by atoms with Gasteiger partial charge in [0.15, 0.2) is 11.1 Å². The topological polar surface area (TPSA) is 63.3 Å². The molecule has 1 aromatic rings. The van der Waals surface area contributed by atoms with Crippen molar-refractivity contribution in [3.63, 3.8) is 0 Å². The van der Waals surface area contributed by atoms with E-state index in [4.69, 9.17) is 10.3 Å². The first kappa shape index (κ1) is 9.95. The van der Waals surface area contributed by atoms with Gasteiger partial charge in [0.1, 0.15) is 5.25 Å². The standard InChI is InChI=1S/C9H11NO2S/c1-2-9(13(11)12)7-3-5-8(10)6-4-7/h2-6,9H,1,10H2,(H,11,12). The zero-order chi connectivity index (χ0) is 9.84. The van der Waals surface area contributed by atoms with Gasteiger partial charge >= 0.3 is 0 Å². The highest BCUT2D eigenvalue weighted by atomic mass is 32.2. The maximum absolute atomic E-state index is 10.8. The van der Waals surface area contributed by atoms with Gasteiger partial charge in [0.05, 0.1) is 0 Å². The van der Waals surface area contributed by atoms with E-state index in [9.17, 15) is 4.21 Å². The number of hydrogen-bond donors (Lipinski definition) is 2. The van der Waals surface area contributed by atoms with Crippen LogP contribution in [-0.4, -0.2) is 8.76 Å². The molecule has 0 saturated heterocycles. The monoisotopic (exact) mass is 197 g/mol. The molecule has 0 bridgehead atoms. The van der Waals surface area contributed by atoms with Crippen molar-refractivity contribution >= 4 is 16.8 Å². The van der Waals surface area contributed by atoms with E-state index in [1.807, 2.05) is 0 Å². The van der Waals surface area contributed by atoms with E-state index in [1.54, 1.807) is 24.3 Å². The van der Waals surface area contributed by atoms with Crippen LogP contribution >= 0.6 is 0 Å². The van der Waals surface area contributed by atoms with Gasteiger partial charge in [-0.25, -0.2) is 4.21 Å². The highest BCUT2D eigenvalue weighted by Crippen LogP contribution is 2.20. The quantitative estimate of drug-likeness (QED) is 0.440. The molecule has 1 rings (SSSR count). The Bertz CT molecular complexity index is 321. The van der Waals surface area contributed by atoms with Crippen LogP contribution in [0.15, 0.2) is 36.9 Å². The molecule has 0 saturated carbocycles. The maximum Gasteiger partial charge on any atom is 0.164 e. The predicted molar refractivity (Wildman–Crippen MR) is 54.6 cm³/mol. The molecule has 70 valence electrons. The fourth-order valence-corrected chi connectivity index (χ4v) is 1.58. The van der Waals surface area contributed by atoms with Crippen molar-refractivity contribution in [2.45, 2.75) is 5.25 Å². The van der Waals surface area contributed by atoms with Crippen LogP contribution in [0.1, 0.15) is 10.8 Å². The summed E-state index contributed by atoms with van der Waals surface area (Å²) in [4.78, 5) is 0. The highest BCUT2D eigenvalue weighted by molar-refractivity contribution is 7.79. The highest BCUT2D eigenvalue weighted by Gasteiger charge is 2.12. The van der Waals surface area contributed by atoms with E-state index in [0.717, 1.165) is 5.56 Å². The summed E-state index contributed by atoms with van der Waals surface area (Å²) < 4.78 is 19.7. The lowest BCUT2D eigenvalue weighted by molar-refractivity contribution is 0.558. The van der Waals surface area contributed by atoms with Crippen LogP contribution in [-0.2, 0) is 11.1 Å². The van der Waals surface area contributed by atoms with Crippen LogP contribution in [0.4, 0.5) is 5.69 Å². The van der Waals surface area contributed by atoms with Crippen molar-refractivity contribution in [2.24, 2.45) is 0 Å². The van der Waals surface area contributed by atoms with Crippen molar-refractivity contribution in [3.05, 3.63) is 42.5 Å². The summed E-state index contributed by atoms with van der Waals surface area (Å²) in [6, 6.07) is 6.82. The van der Waals surface area contributed by atoms with Gasteiger partial charge in [0.2, 0.25) is 0 Å². The molecule has 0 amide bonds. The summed E-state index contributed by atoms with van der Waals surface area (Å²) in [5.74, 6) is 0. The van der Waals surface area contributed by atoms with E-state index in [0.29, 0.717) is 5.69 Å².